The smallest absolute Gasteiger partial charge is 0.338 e. The lowest BCUT2D eigenvalue weighted by atomic mass is 9.46. The lowest BCUT2D eigenvalue weighted by Gasteiger charge is -2.64. The van der Waals surface area contributed by atoms with Crippen LogP contribution in [0.4, 0.5) is 0 Å². The van der Waals surface area contributed by atoms with Gasteiger partial charge in [0.05, 0.1) is 35.8 Å². The monoisotopic (exact) mass is 985 g/mol. The Bertz CT molecular complexity index is 2620. The zero-order chi connectivity index (χ0) is 50.1. The van der Waals surface area contributed by atoms with E-state index in [1.807, 2.05) is 51.1 Å². The van der Waals surface area contributed by atoms with Crippen LogP contribution < -0.4 is 5.32 Å². The molecule has 0 radical (unpaired) electrons. The normalized spacial score (nSPS) is 29.1. The number of benzene rings is 4. The fourth-order valence-electron chi connectivity index (χ4n) is 11.9. The number of carbonyl (C=O) groups excluding carboxylic acids is 5. The number of nitrogens with one attached hydrogen (secondary N) is 1. The lowest BCUT2D eigenvalue weighted by Crippen LogP contribution is -2.74. The molecule has 2 saturated carbocycles. The molecule has 4 aromatic carbocycles. The van der Waals surface area contributed by atoms with Crippen LogP contribution in [0.25, 0.3) is 0 Å². The molecule has 5 aliphatic rings. The van der Waals surface area contributed by atoms with Crippen LogP contribution in [0.15, 0.2) is 132 Å². The summed E-state index contributed by atoms with van der Waals surface area (Å²) in [6.45, 7) is 7.24. The highest BCUT2D eigenvalue weighted by Gasteiger charge is 2.71. The van der Waals surface area contributed by atoms with Crippen molar-refractivity contribution < 1.29 is 62.0 Å². The van der Waals surface area contributed by atoms with Gasteiger partial charge in [-0.2, -0.15) is 0 Å². The summed E-state index contributed by atoms with van der Waals surface area (Å²) in [4.78, 5) is 71.3. The Kier molecular flexibility index (Phi) is 14.4. The number of aliphatic hydroxyl groups is 2. The number of ether oxygens (including phenoxy) is 4. The topological polar surface area (TPSA) is 193 Å². The van der Waals surface area contributed by atoms with E-state index in [1.54, 1.807) is 97.9 Å². The molecule has 2 unspecified atom stereocenters. The van der Waals surface area contributed by atoms with Crippen molar-refractivity contribution in [2.24, 2.45) is 22.7 Å². The summed E-state index contributed by atoms with van der Waals surface area (Å²) in [5.41, 5.74) is -1.78. The van der Waals surface area contributed by atoms with Crippen molar-refractivity contribution in [2.75, 3.05) is 13.2 Å². The maximum Gasteiger partial charge on any atom is 0.338 e. The summed E-state index contributed by atoms with van der Waals surface area (Å²) in [7, 11) is -3.20. The van der Waals surface area contributed by atoms with Crippen molar-refractivity contribution in [3.05, 3.63) is 155 Å². The second kappa shape index (κ2) is 20.4. The molecule has 374 valence electrons. The molecule has 71 heavy (non-hydrogen) atoms. The Morgan fingerprint density at radius 3 is 2.06 bits per heavy atom. The first-order chi connectivity index (χ1) is 34.0. The van der Waals surface area contributed by atoms with E-state index < -0.39 is 91.3 Å². The first-order valence-electron chi connectivity index (χ1n) is 24.7. The number of rotatable bonds is 15. The van der Waals surface area contributed by atoms with Gasteiger partial charge in [0.15, 0.2) is 6.10 Å². The van der Waals surface area contributed by atoms with Crippen LogP contribution in [0.2, 0.25) is 12.1 Å². The number of amides is 1. The molecule has 2 aliphatic heterocycles. The van der Waals surface area contributed by atoms with Crippen LogP contribution >= 0.6 is 0 Å². The van der Waals surface area contributed by atoms with Crippen molar-refractivity contribution in [3.63, 3.8) is 0 Å². The molecule has 0 aromatic heterocycles. The Hall–Kier alpha value is -5.81. The molecule has 2 bridgehead atoms. The summed E-state index contributed by atoms with van der Waals surface area (Å²) in [6, 6.07) is 34.8. The number of Topliss-reactive ketones (excluding diaryl/α,β-unsaturated/α-hetero) is 1. The number of ketones is 1. The summed E-state index contributed by atoms with van der Waals surface area (Å²) >= 11 is 0. The van der Waals surface area contributed by atoms with E-state index in [9.17, 15) is 29.4 Å². The summed E-state index contributed by atoms with van der Waals surface area (Å²) in [5, 5.41) is 28.5. The first kappa shape index (κ1) is 50.1. The predicted octanol–water partition coefficient (Wildman–Crippen LogP) is 7.53. The van der Waals surface area contributed by atoms with Gasteiger partial charge < -0.3 is 43.3 Å². The van der Waals surface area contributed by atoms with Gasteiger partial charge in [0.25, 0.3) is 5.91 Å². The molecule has 0 spiro atoms. The van der Waals surface area contributed by atoms with Crippen molar-refractivity contribution in [1.82, 2.24) is 5.32 Å². The van der Waals surface area contributed by atoms with E-state index in [0.29, 0.717) is 40.8 Å². The Morgan fingerprint density at radius 2 is 1.44 bits per heavy atom. The van der Waals surface area contributed by atoms with E-state index >= 15 is 4.79 Å². The third kappa shape index (κ3) is 9.67. The number of esters is 3. The summed E-state index contributed by atoms with van der Waals surface area (Å²) in [6.07, 6.45) is -4.22. The van der Waals surface area contributed by atoms with Crippen molar-refractivity contribution in [2.45, 2.75) is 121 Å². The minimum atomic E-state index is -3.20. The highest BCUT2D eigenvalue weighted by molar-refractivity contribution is 6.68. The average Bonchev–Trinajstić information content (AvgIpc) is 3.85. The van der Waals surface area contributed by atoms with Crippen molar-refractivity contribution in [3.8, 4) is 0 Å². The van der Waals surface area contributed by atoms with Crippen LogP contribution in [0.1, 0.15) is 97.7 Å². The lowest BCUT2D eigenvalue weighted by molar-refractivity contribution is -0.273. The highest BCUT2D eigenvalue weighted by atomic mass is 28.4. The fraction of sp³-hybridized carbons (Fsp3) is 0.446. The number of hydrogen-bond donors (Lipinski definition) is 3. The molecule has 3 aliphatic carbocycles. The SMILES string of the molecule is CC1=C2CC(=O)[C@@]3(C)C(C4CO[C@@H]4C[C@@H]3O[Si]3(OCC(=O)OCc4ccccc4)CCCC3)[C@H](OC(=O)c3ccccc3)[C@](O)(C[C@@H]1OC(=O)[C@H](O)[C@@H](NC(=O)c1ccccc1)c1ccccc1)C2(C)C. The van der Waals surface area contributed by atoms with Gasteiger partial charge in [0, 0.05) is 35.7 Å². The van der Waals surface area contributed by atoms with Crippen molar-refractivity contribution in [1.29, 1.82) is 0 Å². The average molecular weight is 986 g/mol. The molecule has 4 aromatic rings. The van der Waals surface area contributed by atoms with E-state index in [1.165, 1.54) is 0 Å². The zero-order valence-corrected chi connectivity index (χ0v) is 41.6. The second-order valence-corrected chi connectivity index (χ2v) is 23.9. The molecule has 9 rings (SSSR count). The summed E-state index contributed by atoms with van der Waals surface area (Å²) < 4.78 is 38.6. The number of aliphatic hydroxyl groups excluding tert-OH is 1. The molecule has 2 heterocycles. The van der Waals surface area contributed by atoms with E-state index in [-0.39, 0.29) is 49.9 Å². The quantitative estimate of drug-likeness (QED) is 0.0459. The largest absolute Gasteiger partial charge is 0.459 e. The molecule has 3 N–H and O–H groups in total. The first-order valence-corrected chi connectivity index (χ1v) is 26.9. The fourth-order valence-corrected chi connectivity index (χ4v) is 15.6. The number of carbonyl (C=O) groups is 5. The van der Waals surface area contributed by atoms with E-state index in [2.05, 4.69) is 5.32 Å². The predicted molar refractivity (Wildman–Crippen MR) is 261 cm³/mol. The van der Waals surface area contributed by atoms with Crippen LogP contribution in [0, 0.1) is 22.7 Å². The maximum absolute atomic E-state index is 15.8. The maximum atomic E-state index is 15.8. The highest BCUT2D eigenvalue weighted by Crippen LogP contribution is 2.63. The molecule has 14 nitrogen and oxygen atoms in total. The second-order valence-electron chi connectivity index (χ2n) is 20.5. The standard InChI is InChI=1S/C56H63NO13Si/c1-35-41-29-44(58)55(4)45(70-71(27-17-18-28-71)67-34-46(59)66-32-36-19-9-5-10-20-36)30-42-40(33-65-42)47(55)50(69-52(62)39-25-15-8-16-26-39)56(64,54(41,2)3)31-43(35)68-53(63)49(60)48(37-21-11-6-12-22-37)57-51(61)38-23-13-7-14-24-38/h5-16,19-26,40,42-43,45,47-50,60,64H,17-18,27-34H2,1-4H3,(H,57,61)/t40?,42-,43+,45+,47?,48+,49-,50+,55-,56-/m1/s1. The van der Waals surface area contributed by atoms with Gasteiger partial charge in [-0.25, -0.2) is 14.4 Å². The van der Waals surface area contributed by atoms with Crippen molar-refractivity contribution >= 4 is 38.2 Å². The summed E-state index contributed by atoms with van der Waals surface area (Å²) in [5.74, 6) is -4.28. The van der Waals surface area contributed by atoms with Gasteiger partial charge >= 0.3 is 26.5 Å². The van der Waals surface area contributed by atoms with Gasteiger partial charge in [-0.3, -0.25) is 9.59 Å². The number of fused-ring (bicyclic) bond motifs is 5. The van der Waals surface area contributed by atoms with E-state index in [0.717, 1.165) is 18.4 Å². The van der Waals surface area contributed by atoms with Crippen LogP contribution in [0.5, 0.6) is 0 Å². The van der Waals surface area contributed by atoms with Gasteiger partial charge in [-0.1, -0.05) is 129 Å². The van der Waals surface area contributed by atoms with Crippen LogP contribution in [-0.4, -0.2) is 97.7 Å². The van der Waals surface area contributed by atoms with Gasteiger partial charge in [-0.05, 0) is 73.3 Å². The third-order valence-electron chi connectivity index (χ3n) is 16.2. The van der Waals surface area contributed by atoms with Gasteiger partial charge in [-0.15, -0.1) is 0 Å². The van der Waals surface area contributed by atoms with Gasteiger partial charge in [0.1, 0.15) is 36.8 Å². The molecule has 10 atom stereocenters. The Labute approximate surface area is 415 Å². The van der Waals surface area contributed by atoms with Gasteiger partial charge in [0.2, 0.25) is 0 Å². The minimum absolute atomic E-state index is 0.0924. The molecule has 2 saturated heterocycles. The Morgan fingerprint density at radius 1 is 0.831 bits per heavy atom. The number of hydrogen-bond acceptors (Lipinski definition) is 13. The molecule has 15 heteroatoms. The molecular formula is C56H63NO13Si. The van der Waals surface area contributed by atoms with Crippen LogP contribution in [-0.2, 0) is 48.8 Å². The molecule has 1 amide bonds. The zero-order valence-electron chi connectivity index (χ0n) is 40.6. The van der Waals surface area contributed by atoms with E-state index in [4.69, 9.17) is 27.8 Å². The molecule has 4 fully saturated rings. The van der Waals surface area contributed by atoms with Crippen LogP contribution in [0.3, 0.4) is 0 Å². The molecular weight excluding hydrogens is 923 g/mol. The minimum Gasteiger partial charge on any atom is -0.459 e. The third-order valence-corrected chi connectivity index (χ3v) is 19.9. The Balaban J connectivity index is 1.06.